The minimum absolute atomic E-state index is 0.225. The Morgan fingerprint density at radius 3 is 2.77 bits per heavy atom. The van der Waals surface area contributed by atoms with Crippen LogP contribution in [0.1, 0.15) is 0 Å². The Bertz CT molecular complexity index is 394. The third-order valence-electron chi connectivity index (χ3n) is 1.76. The standard InChI is InChI=1S/C8H12N2O2S/c1-9-4-3-7(11)10(8(9)12)5-6-13-2/h3-4H,5-6H2,1-2H3. The smallest absolute Gasteiger partial charge is 0.303 e. The maximum atomic E-state index is 11.4. The van der Waals surface area contributed by atoms with Crippen LogP contribution in [0.5, 0.6) is 0 Å². The van der Waals surface area contributed by atoms with Gasteiger partial charge in [0.05, 0.1) is 0 Å². The van der Waals surface area contributed by atoms with E-state index < -0.39 is 0 Å². The first-order chi connectivity index (χ1) is 6.16. The fraction of sp³-hybridized carbons (Fsp3) is 0.500. The van der Waals surface area contributed by atoms with E-state index in [1.807, 2.05) is 6.26 Å². The lowest BCUT2D eigenvalue weighted by atomic mass is 10.6. The second-order valence-corrected chi connectivity index (χ2v) is 3.68. The largest absolute Gasteiger partial charge is 0.330 e. The van der Waals surface area contributed by atoms with Crippen molar-refractivity contribution in [1.29, 1.82) is 0 Å². The normalized spacial score (nSPS) is 10.3. The van der Waals surface area contributed by atoms with Crippen LogP contribution in [-0.2, 0) is 13.6 Å². The van der Waals surface area contributed by atoms with Gasteiger partial charge in [-0.25, -0.2) is 4.79 Å². The topological polar surface area (TPSA) is 44.0 Å². The Balaban J connectivity index is 3.11. The molecule has 5 heteroatoms. The van der Waals surface area contributed by atoms with Gasteiger partial charge in [-0.05, 0) is 6.26 Å². The first-order valence-corrected chi connectivity index (χ1v) is 5.31. The van der Waals surface area contributed by atoms with E-state index >= 15 is 0 Å². The molecule has 0 aromatic carbocycles. The summed E-state index contributed by atoms with van der Waals surface area (Å²) in [6.45, 7) is 0.480. The van der Waals surface area contributed by atoms with Crippen LogP contribution < -0.4 is 11.2 Å². The summed E-state index contributed by atoms with van der Waals surface area (Å²) in [6, 6.07) is 1.40. The van der Waals surface area contributed by atoms with Crippen molar-refractivity contribution >= 4 is 11.8 Å². The highest BCUT2D eigenvalue weighted by molar-refractivity contribution is 7.98. The van der Waals surface area contributed by atoms with Gasteiger partial charge >= 0.3 is 5.69 Å². The SMILES string of the molecule is CSCCn1c(=O)ccn(C)c1=O. The number of hydrogen-bond acceptors (Lipinski definition) is 3. The Hall–Kier alpha value is -0.970. The molecule has 0 unspecified atom stereocenters. The highest BCUT2D eigenvalue weighted by Crippen LogP contribution is 1.90. The van der Waals surface area contributed by atoms with Crippen LogP contribution in [-0.4, -0.2) is 21.1 Å². The predicted octanol–water partition coefficient (Wildman–Crippen LogP) is -0.0900. The molecule has 1 heterocycles. The lowest BCUT2D eigenvalue weighted by Crippen LogP contribution is -2.38. The van der Waals surface area contributed by atoms with E-state index in [1.54, 1.807) is 18.8 Å². The molecule has 13 heavy (non-hydrogen) atoms. The van der Waals surface area contributed by atoms with Crippen LogP contribution in [0.2, 0.25) is 0 Å². The van der Waals surface area contributed by atoms with E-state index in [2.05, 4.69) is 0 Å². The molecule has 0 radical (unpaired) electrons. The Morgan fingerprint density at radius 1 is 1.46 bits per heavy atom. The molecular weight excluding hydrogens is 188 g/mol. The second-order valence-electron chi connectivity index (χ2n) is 2.69. The molecule has 72 valence electrons. The van der Waals surface area contributed by atoms with Crippen molar-refractivity contribution in [3.05, 3.63) is 33.1 Å². The van der Waals surface area contributed by atoms with E-state index in [4.69, 9.17) is 0 Å². The number of rotatable bonds is 3. The number of thioether (sulfide) groups is 1. The molecule has 0 saturated heterocycles. The van der Waals surface area contributed by atoms with E-state index in [0.29, 0.717) is 6.54 Å². The van der Waals surface area contributed by atoms with E-state index in [0.717, 1.165) is 5.75 Å². The molecule has 0 aliphatic rings. The predicted molar refractivity (Wildman–Crippen MR) is 54.3 cm³/mol. The molecular formula is C8H12N2O2S. The van der Waals surface area contributed by atoms with E-state index in [9.17, 15) is 9.59 Å². The molecule has 1 rings (SSSR count). The molecule has 0 atom stereocenters. The third kappa shape index (κ3) is 2.24. The number of aromatic nitrogens is 2. The van der Waals surface area contributed by atoms with Gasteiger partial charge in [0, 0.05) is 31.6 Å². The Kier molecular flexibility index (Phi) is 3.36. The first kappa shape index (κ1) is 10.1. The molecule has 0 saturated carbocycles. The van der Waals surface area contributed by atoms with Crippen LogP contribution in [0, 0.1) is 0 Å². The van der Waals surface area contributed by atoms with Gasteiger partial charge < -0.3 is 4.57 Å². The third-order valence-corrected chi connectivity index (χ3v) is 2.35. The molecule has 0 amide bonds. The molecule has 0 aliphatic heterocycles. The zero-order chi connectivity index (χ0) is 9.84. The number of nitrogens with zero attached hydrogens (tertiary/aromatic N) is 2. The monoisotopic (exact) mass is 200 g/mol. The molecule has 0 bridgehead atoms. The minimum Gasteiger partial charge on any atom is -0.303 e. The van der Waals surface area contributed by atoms with Gasteiger partial charge in [0.2, 0.25) is 0 Å². The fourth-order valence-electron chi connectivity index (χ4n) is 1.00. The van der Waals surface area contributed by atoms with Crippen LogP contribution in [0.25, 0.3) is 0 Å². The van der Waals surface area contributed by atoms with Gasteiger partial charge in [-0.3, -0.25) is 9.36 Å². The highest BCUT2D eigenvalue weighted by atomic mass is 32.2. The van der Waals surface area contributed by atoms with Crippen molar-refractivity contribution in [3.8, 4) is 0 Å². The van der Waals surface area contributed by atoms with Crippen molar-refractivity contribution in [1.82, 2.24) is 9.13 Å². The summed E-state index contributed by atoms with van der Waals surface area (Å²) < 4.78 is 2.65. The lowest BCUT2D eigenvalue weighted by molar-refractivity contribution is 0.626. The average molecular weight is 200 g/mol. The zero-order valence-corrected chi connectivity index (χ0v) is 8.50. The molecule has 0 fully saturated rings. The van der Waals surface area contributed by atoms with Gasteiger partial charge in [-0.15, -0.1) is 0 Å². The molecule has 1 aromatic heterocycles. The van der Waals surface area contributed by atoms with Crippen LogP contribution in [0.3, 0.4) is 0 Å². The van der Waals surface area contributed by atoms with Crippen LogP contribution >= 0.6 is 11.8 Å². The summed E-state index contributed by atoms with van der Waals surface area (Å²) in [5, 5.41) is 0. The van der Waals surface area contributed by atoms with Crippen LogP contribution in [0.15, 0.2) is 21.9 Å². The Labute approximate surface area is 80.2 Å². The molecule has 0 spiro atoms. The molecule has 1 aromatic rings. The first-order valence-electron chi connectivity index (χ1n) is 3.92. The maximum absolute atomic E-state index is 11.4. The summed E-state index contributed by atoms with van der Waals surface area (Å²) in [5.41, 5.74) is -0.473. The summed E-state index contributed by atoms with van der Waals surface area (Å²) in [5.74, 6) is 0.777. The summed E-state index contributed by atoms with van der Waals surface area (Å²) in [7, 11) is 1.64. The van der Waals surface area contributed by atoms with Gasteiger partial charge in [-0.1, -0.05) is 0 Å². The van der Waals surface area contributed by atoms with E-state index in [-0.39, 0.29) is 11.2 Å². The van der Waals surface area contributed by atoms with Crippen molar-refractivity contribution < 1.29 is 0 Å². The number of aryl methyl sites for hydroxylation is 1. The summed E-state index contributed by atoms with van der Waals surface area (Å²) in [6.07, 6.45) is 3.43. The van der Waals surface area contributed by atoms with E-state index in [1.165, 1.54) is 21.4 Å². The van der Waals surface area contributed by atoms with Crippen molar-refractivity contribution in [2.45, 2.75) is 6.54 Å². The van der Waals surface area contributed by atoms with Gasteiger partial charge in [0.15, 0.2) is 0 Å². The minimum atomic E-state index is -0.249. The van der Waals surface area contributed by atoms with Gasteiger partial charge in [0.25, 0.3) is 5.56 Å². The zero-order valence-electron chi connectivity index (χ0n) is 7.69. The highest BCUT2D eigenvalue weighted by Gasteiger charge is 2.00. The summed E-state index contributed by atoms with van der Waals surface area (Å²) >= 11 is 1.61. The molecule has 4 nitrogen and oxygen atoms in total. The maximum Gasteiger partial charge on any atom is 0.330 e. The lowest BCUT2D eigenvalue weighted by Gasteiger charge is -2.04. The van der Waals surface area contributed by atoms with Gasteiger partial charge in [0.1, 0.15) is 0 Å². The van der Waals surface area contributed by atoms with Crippen LogP contribution in [0.4, 0.5) is 0 Å². The molecule has 0 aliphatic carbocycles. The fourth-order valence-corrected chi connectivity index (χ4v) is 1.37. The average Bonchev–Trinajstić information content (AvgIpc) is 2.12. The quantitative estimate of drug-likeness (QED) is 0.685. The van der Waals surface area contributed by atoms with Crippen molar-refractivity contribution in [3.63, 3.8) is 0 Å². The van der Waals surface area contributed by atoms with Crippen molar-refractivity contribution in [2.75, 3.05) is 12.0 Å². The summed E-state index contributed by atoms with van der Waals surface area (Å²) in [4.78, 5) is 22.7. The molecule has 0 N–H and O–H groups in total. The van der Waals surface area contributed by atoms with Crippen molar-refractivity contribution in [2.24, 2.45) is 7.05 Å². The van der Waals surface area contributed by atoms with Gasteiger partial charge in [-0.2, -0.15) is 11.8 Å². The number of hydrogen-bond donors (Lipinski definition) is 0. The second kappa shape index (κ2) is 4.32. The Morgan fingerprint density at radius 2 is 2.15 bits per heavy atom.